The fourth-order valence-corrected chi connectivity index (χ4v) is 1.74. The molecule has 66 valence electrons. The molecule has 0 saturated carbocycles. The molecule has 1 rings (SSSR count). The van der Waals surface area contributed by atoms with E-state index < -0.39 is 21.2 Å². The third-order valence-corrected chi connectivity index (χ3v) is 3.05. The first kappa shape index (κ1) is 9.84. The average Bonchev–Trinajstić information content (AvgIpc) is 2.15. The van der Waals surface area contributed by atoms with Crippen molar-refractivity contribution in [2.24, 2.45) is 0 Å². The normalized spacial score (nSPS) is 10.1. The Kier molecular flexibility index (Phi) is 4.43. The Hall–Kier alpha value is -0.250. The number of aryl methyl sites for hydroxylation is 1. The Balaban J connectivity index is 2.58. The van der Waals surface area contributed by atoms with E-state index in [1.807, 2.05) is 12.1 Å². The van der Waals surface area contributed by atoms with E-state index in [0.29, 0.717) is 0 Å². The van der Waals surface area contributed by atoms with Crippen molar-refractivity contribution in [2.75, 3.05) is 0 Å². The first-order valence-corrected chi connectivity index (χ1v) is 6.18. The molecule has 0 aliphatic rings. The standard InChI is InChI=1S/C10H13IO/c1-2-3-4-9-5-7-10(11-12)8-6-9/h5-8H,2-4H2,1H3. The van der Waals surface area contributed by atoms with E-state index in [2.05, 4.69) is 19.1 Å². The molecule has 2 heteroatoms. The molecular weight excluding hydrogens is 263 g/mol. The summed E-state index contributed by atoms with van der Waals surface area (Å²) in [7, 11) is 0. The van der Waals surface area contributed by atoms with Gasteiger partial charge in [0.15, 0.2) is 21.2 Å². The van der Waals surface area contributed by atoms with Gasteiger partial charge in [-0.1, -0.05) is 25.5 Å². The molecule has 0 amide bonds. The van der Waals surface area contributed by atoms with Gasteiger partial charge in [0.2, 0.25) is 0 Å². The van der Waals surface area contributed by atoms with Crippen LogP contribution in [0, 0.1) is 3.57 Å². The summed E-state index contributed by atoms with van der Waals surface area (Å²) in [6.45, 7) is 2.19. The van der Waals surface area contributed by atoms with Crippen molar-refractivity contribution in [3.05, 3.63) is 33.4 Å². The van der Waals surface area contributed by atoms with Gasteiger partial charge in [-0.2, -0.15) is 0 Å². The molecule has 0 aromatic heterocycles. The van der Waals surface area contributed by atoms with Gasteiger partial charge in [-0.3, -0.25) is 3.07 Å². The molecule has 12 heavy (non-hydrogen) atoms. The van der Waals surface area contributed by atoms with E-state index in [9.17, 15) is 3.07 Å². The summed E-state index contributed by atoms with van der Waals surface area (Å²) < 4.78 is 11.6. The van der Waals surface area contributed by atoms with Gasteiger partial charge >= 0.3 is 0 Å². The third kappa shape index (κ3) is 3.01. The SMILES string of the molecule is CCCCc1ccc(I=O)cc1. The molecule has 0 aliphatic heterocycles. The lowest BCUT2D eigenvalue weighted by molar-refractivity contribution is 0.648. The Morgan fingerprint density at radius 2 is 1.92 bits per heavy atom. The van der Waals surface area contributed by atoms with Crippen LogP contribution in [0.3, 0.4) is 0 Å². The van der Waals surface area contributed by atoms with E-state index in [0.717, 1.165) is 9.99 Å². The topological polar surface area (TPSA) is 17.1 Å². The smallest absolute Gasteiger partial charge is 0.182 e. The first-order chi connectivity index (χ1) is 5.86. The highest BCUT2D eigenvalue weighted by Crippen LogP contribution is 2.12. The highest BCUT2D eigenvalue weighted by molar-refractivity contribution is 14.1. The van der Waals surface area contributed by atoms with Gasteiger partial charge in [0.1, 0.15) is 0 Å². The molecule has 0 atom stereocenters. The van der Waals surface area contributed by atoms with Crippen LogP contribution in [0.4, 0.5) is 0 Å². The number of hydrogen-bond acceptors (Lipinski definition) is 1. The maximum atomic E-state index is 10.6. The Labute approximate surface area is 83.8 Å². The number of halogens is 1. The van der Waals surface area contributed by atoms with E-state index in [1.165, 1.54) is 18.4 Å². The minimum absolute atomic E-state index is 0.967. The maximum Gasteiger partial charge on any atom is 0.182 e. The molecule has 0 radical (unpaired) electrons. The van der Waals surface area contributed by atoms with E-state index >= 15 is 0 Å². The number of unbranched alkanes of at least 4 members (excludes halogenated alkanes) is 1. The summed E-state index contributed by atoms with van der Waals surface area (Å²) in [4.78, 5) is 0. The van der Waals surface area contributed by atoms with Crippen molar-refractivity contribution in [1.82, 2.24) is 0 Å². The van der Waals surface area contributed by atoms with Crippen molar-refractivity contribution >= 4 is 21.2 Å². The molecule has 1 aromatic rings. The van der Waals surface area contributed by atoms with Gasteiger partial charge in [0.25, 0.3) is 0 Å². The van der Waals surface area contributed by atoms with E-state index in [1.54, 1.807) is 0 Å². The fourth-order valence-electron chi connectivity index (χ4n) is 1.08. The predicted octanol–water partition coefficient (Wildman–Crippen LogP) is 3.52. The summed E-state index contributed by atoms with van der Waals surface area (Å²) in [5.74, 6) is 0. The molecule has 0 N–H and O–H groups in total. The minimum Gasteiger partial charge on any atom is -0.265 e. The minimum atomic E-state index is -0.967. The monoisotopic (exact) mass is 276 g/mol. The zero-order valence-electron chi connectivity index (χ0n) is 7.22. The van der Waals surface area contributed by atoms with Crippen LogP contribution < -0.4 is 0 Å². The maximum absolute atomic E-state index is 10.6. The van der Waals surface area contributed by atoms with Gasteiger partial charge in [-0.05, 0) is 30.5 Å². The lowest BCUT2D eigenvalue weighted by Crippen LogP contribution is -1.83. The Bertz CT molecular complexity index is 241. The zero-order valence-corrected chi connectivity index (χ0v) is 9.37. The summed E-state index contributed by atoms with van der Waals surface area (Å²) in [6, 6.07) is 8.13. The lowest BCUT2D eigenvalue weighted by atomic mass is 10.1. The summed E-state index contributed by atoms with van der Waals surface area (Å²) in [5, 5.41) is 0. The van der Waals surface area contributed by atoms with Gasteiger partial charge in [0, 0.05) is 3.57 Å². The molecule has 0 bridgehead atoms. The van der Waals surface area contributed by atoms with Crippen LogP contribution in [0.15, 0.2) is 24.3 Å². The van der Waals surface area contributed by atoms with Crippen LogP contribution in [-0.2, 0) is 9.49 Å². The summed E-state index contributed by atoms with van der Waals surface area (Å²) >= 11 is -0.967. The Morgan fingerprint density at radius 3 is 2.42 bits per heavy atom. The molecule has 0 heterocycles. The second kappa shape index (κ2) is 5.41. The molecule has 0 saturated heterocycles. The van der Waals surface area contributed by atoms with Crippen molar-refractivity contribution in [2.45, 2.75) is 26.2 Å². The second-order valence-electron chi connectivity index (χ2n) is 2.81. The van der Waals surface area contributed by atoms with Crippen LogP contribution in [0.25, 0.3) is 0 Å². The van der Waals surface area contributed by atoms with Crippen molar-refractivity contribution in [3.8, 4) is 0 Å². The molecule has 0 aliphatic carbocycles. The van der Waals surface area contributed by atoms with Gasteiger partial charge in [0.05, 0.1) is 0 Å². The number of hydrogen-bond donors (Lipinski definition) is 0. The predicted molar refractivity (Wildman–Crippen MR) is 58.5 cm³/mol. The molecule has 0 spiro atoms. The average molecular weight is 276 g/mol. The molecular formula is C10H13IO. The van der Waals surface area contributed by atoms with Crippen molar-refractivity contribution < 1.29 is 3.07 Å². The van der Waals surface area contributed by atoms with Crippen LogP contribution >= 0.6 is 21.2 Å². The van der Waals surface area contributed by atoms with Crippen LogP contribution in [0.1, 0.15) is 25.3 Å². The molecule has 0 unspecified atom stereocenters. The third-order valence-electron chi connectivity index (χ3n) is 1.82. The molecule has 1 aromatic carbocycles. The highest BCUT2D eigenvalue weighted by atomic mass is 127. The van der Waals surface area contributed by atoms with Gasteiger partial charge < -0.3 is 0 Å². The summed E-state index contributed by atoms with van der Waals surface area (Å²) in [5.41, 5.74) is 1.36. The fraction of sp³-hybridized carbons (Fsp3) is 0.400. The highest BCUT2D eigenvalue weighted by Gasteiger charge is 1.93. The molecule has 1 nitrogen and oxygen atoms in total. The van der Waals surface area contributed by atoms with Gasteiger partial charge in [-0.25, -0.2) is 0 Å². The zero-order chi connectivity index (χ0) is 8.81. The van der Waals surface area contributed by atoms with Gasteiger partial charge in [-0.15, -0.1) is 0 Å². The van der Waals surface area contributed by atoms with Crippen molar-refractivity contribution in [1.29, 1.82) is 0 Å². The van der Waals surface area contributed by atoms with Crippen LogP contribution in [-0.4, -0.2) is 0 Å². The van der Waals surface area contributed by atoms with E-state index in [4.69, 9.17) is 0 Å². The Morgan fingerprint density at radius 1 is 1.25 bits per heavy atom. The number of benzene rings is 1. The van der Waals surface area contributed by atoms with E-state index in [-0.39, 0.29) is 0 Å². The first-order valence-electron chi connectivity index (χ1n) is 4.23. The van der Waals surface area contributed by atoms with Crippen molar-refractivity contribution in [3.63, 3.8) is 0 Å². The summed E-state index contributed by atoms with van der Waals surface area (Å²) in [6.07, 6.45) is 3.62. The lowest BCUT2D eigenvalue weighted by Gasteiger charge is -1.98. The number of rotatable bonds is 4. The van der Waals surface area contributed by atoms with Crippen LogP contribution in [0.2, 0.25) is 0 Å². The van der Waals surface area contributed by atoms with Crippen LogP contribution in [0.5, 0.6) is 0 Å². The second-order valence-corrected chi connectivity index (χ2v) is 4.49. The quantitative estimate of drug-likeness (QED) is 0.769. The molecule has 0 fully saturated rings. The largest absolute Gasteiger partial charge is 0.265 e.